The summed E-state index contributed by atoms with van der Waals surface area (Å²) in [5.41, 5.74) is 0.425. The van der Waals surface area contributed by atoms with E-state index >= 15 is 0 Å². The topological polar surface area (TPSA) is 87.5 Å². The fourth-order valence-corrected chi connectivity index (χ4v) is 2.40. The lowest BCUT2D eigenvalue weighted by Gasteiger charge is -2.22. The zero-order chi connectivity index (χ0) is 18.4. The molecule has 0 aliphatic heterocycles. The Morgan fingerprint density at radius 2 is 1.64 bits per heavy atom. The number of nitrogens with one attached hydrogen (secondary N) is 1. The van der Waals surface area contributed by atoms with E-state index in [1.807, 2.05) is 13.8 Å². The highest BCUT2D eigenvalue weighted by molar-refractivity contribution is 5.95. The van der Waals surface area contributed by atoms with Crippen molar-refractivity contribution in [3.8, 4) is 17.2 Å². The number of hydrogen-bond donors (Lipinski definition) is 1. The molecular formula is C17H24N4O4. The van der Waals surface area contributed by atoms with Crippen LogP contribution in [0, 0.1) is 5.92 Å². The van der Waals surface area contributed by atoms with Crippen molar-refractivity contribution in [3.63, 3.8) is 0 Å². The number of rotatable bonds is 8. The maximum atomic E-state index is 12.7. The number of methoxy groups -OCH3 is 3. The van der Waals surface area contributed by atoms with E-state index in [1.165, 1.54) is 21.3 Å². The van der Waals surface area contributed by atoms with Gasteiger partial charge < -0.3 is 19.5 Å². The molecule has 2 rings (SSSR count). The average molecular weight is 348 g/mol. The van der Waals surface area contributed by atoms with Gasteiger partial charge in [-0.1, -0.05) is 13.8 Å². The Morgan fingerprint density at radius 3 is 2.08 bits per heavy atom. The molecule has 1 N–H and O–H groups in total. The van der Waals surface area contributed by atoms with Crippen molar-refractivity contribution >= 4 is 5.91 Å². The van der Waals surface area contributed by atoms with Crippen molar-refractivity contribution in [2.24, 2.45) is 5.92 Å². The Hall–Kier alpha value is -2.77. The van der Waals surface area contributed by atoms with E-state index in [0.717, 1.165) is 0 Å². The second-order valence-corrected chi connectivity index (χ2v) is 5.82. The summed E-state index contributed by atoms with van der Waals surface area (Å²) in [5.74, 6) is 1.29. The lowest BCUT2D eigenvalue weighted by Crippen LogP contribution is -2.42. The number of hydrogen-bond acceptors (Lipinski definition) is 6. The fraction of sp³-hybridized carbons (Fsp3) is 0.471. The molecule has 0 saturated carbocycles. The van der Waals surface area contributed by atoms with Crippen molar-refractivity contribution in [2.75, 3.05) is 21.3 Å². The number of carbonyl (C=O) groups is 1. The summed E-state index contributed by atoms with van der Waals surface area (Å²) < 4.78 is 15.9. The first kappa shape index (κ1) is 18.6. The van der Waals surface area contributed by atoms with Gasteiger partial charge in [-0.05, 0) is 18.1 Å². The van der Waals surface area contributed by atoms with Crippen LogP contribution in [0.25, 0.3) is 0 Å². The molecule has 0 radical (unpaired) electrons. The van der Waals surface area contributed by atoms with Gasteiger partial charge in [0.15, 0.2) is 11.5 Å². The van der Waals surface area contributed by atoms with E-state index in [-0.39, 0.29) is 17.9 Å². The van der Waals surface area contributed by atoms with Crippen LogP contribution in [0.5, 0.6) is 17.2 Å². The predicted octanol–water partition coefficient (Wildman–Crippen LogP) is 1.76. The Bertz CT molecular complexity index is 676. The summed E-state index contributed by atoms with van der Waals surface area (Å²) in [6, 6.07) is 3.12. The van der Waals surface area contributed by atoms with E-state index in [1.54, 1.807) is 29.3 Å². The van der Waals surface area contributed by atoms with Crippen LogP contribution in [-0.2, 0) is 6.54 Å². The lowest BCUT2D eigenvalue weighted by molar-refractivity contribution is 0.0917. The Labute approximate surface area is 147 Å². The van der Waals surface area contributed by atoms with Gasteiger partial charge in [0.05, 0.1) is 46.3 Å². The maximum Gasteiger partial charge on any atom is 0.251 e. The molecular weight excluding hydrogens is 324 g/mol. The summed E-state index contributed by atoms with van der Waals surface area (Å²) in [4.78, 5) is 14.3. The highest BCUT2D eigenvalue weighted by Gasteiger charge is 2.21. The van der Waals surface area contributed by atoms with Crippen molar-refractivity contribution in [2.45, 2.75) is 26.4 Å². The highest BCUT2D eigenvalue weighted by Crippen LogP contribution is 2.38. The molecule has 1 heterocycles. The summed E-state index contributed by atoms with van der Waals surface area (Å²) in [7, 11) is 4.55. The standard InChI is InChI=1S/C17H24N4O4/c1-11(2)13(10-21-18-6-7-19-21)20-17(22)12-8-14(23-3)16(25-5)15(9-12)24-4/h6-9,11,13H,10H2,1-5H3,(H,20,22). The molecule has 8 nitrogen and oxygen atoms in total. The third-order valence-electron chi connectivity index (χ3n) is 3.87. The molecule has 1 amide bonds. The second-order valence-electron chi connectivity index (χ2n) is 5.82. The zero-order valence-corrected chi connectivity index (χ0v) is 15.1. The maximum absolute atomic E-state index is 12.7. The van der Waals surface area contributed by atoms with Gasteiger partial charge >= 0.3 is 0 Å². The van der Waals surface area contributed by atoms with Gasteiger partial charge in [-0.15, -0.1) is 0 Å². The monoisotopic (exact) mass is 348 g/mol. The van der Waals surface area contributed by atoms with Crippen LogP contribution >= 0.6 is 0 Å². The molecule has 25 heavy (non-hydrogen) atoms. The van der Waals surface area contributed by atoms with Gasteiger partial charge in [0.25, 0.3) is 5.91 Å². The smallest absolute Gasteiger partial charge is 0.251 e. The van der Waals surface area contributed by atoms with Crippen molar-refractivity contribution in [3.05, 3.63) is 30.1 Å². The van der Waals surface area contributed by atoms with Gasteiger partial charge in [0, 0.05) is 5.56 Å². The molecule has 0 spiro atoms. The largest absolute Gasteiger partial charge is 0.493 e. The quantitative estimate of drug-likeness (QED) is 0.782. The van der Waals surface area contributed by atoms with Crippen LogP contribution in [0.15, 0.2) is 24.5 Å². The van der Waals surface area contributed by atoms with Gasteiger partial charge in [-0.2, -0.15) is 15.0 Å². The minimum absolute atomic E-state index is 0.126. The average Bonchev–Trinajstić information content (AvgIpc) is 3.12. The third-order valence-corrected chi connectivity index (χ3v) is 3.87. The van der Waals surface area contributed by atoms with Gasteiger partial charge in [-0.25, -0.2) is 0 Å². The van der Waals surface area contributed by atoms with E-state index in [9.17, 15) is 4.79 Å². The first-order valence-corrected chi connectivity index (χ1v) is 7.95. The molecule has 1 aromatic carbocycles. The second kappa shape index (κ2) is 8.36. The summed E-state index contributed by atoms with van der Waals surface area (Å²) >= 11 is 0. The summed E-state index contributed by atoms with van der Waals surface area (Å²) in [6.07, 6.45) is 3.22. The third kappa shape index (κ3) is 4.40. The van der Waals surface area contributed by atoms with Crippen LogP contribution in [-0.4, -0.2) is 48.3 Å². The lowest BCUT2D eigenvalue weighted by atomic mass is 10.0. The number of carbonyl (C=O) groups excluding carboxylic acids is 1. The number of nitrogens with zero attached hydrogens (tertiary/aromatic N) is 3. The van der Waals surface area contributed by atoms with Crippen LogP contribution in [0.4, 0.5) is 0 Å². The van der Waals surface area contributed by atoms with E-state index in [0.29, 0.717) is 29.4 Å². The molecule has 136 valence electrons. The van der Waals surface area contributed by atoms with E-state index in [2.05, 4.69) is 15.5 Å². The van der Waals surface area contributed by atoms with Gasteiger partial charge in [0.1, 0.15) is 0 Å². The Balaban J connectivity index is 2.23. The molecule has 8 heteroatoms. The van der Waals surface area contributed by atoms with Crippen molar-refractivity contribution in [1.29, 1.82) is 0 Å². The predicted molar refractivity (Wildman–Crippen MR) is 92.2 cm³/mol. The normalized spacial score (nSPS) is 11.9. The van der Waals surface area contributed by atoms with Crippen LogP contribution in [0.2, 0.25) is 0 Å². The summed E-state index contributed by atoms with van der Waals surface area (Å²) in [5, 5.41) is 11.2. The van der Waals surface area contributed by atoms with Crippen LogP contribution in [0.3, 0.4) is 0 Å². The molecule has 0 bridgehead atoms. The van der Waals surface area contributed by atoms with Crippen LogP contribution in [0.1, 0.15) is 24.2 Å². The summed E-state index contributed by atoms with van der Waals surface area (Å²) in [6.45, 7) is 4.55. The van der Waals surface area contributed by atoms with Gasteiger partial charge in [-0.3, -0.25) is 4.79 Å². The first-order chi connectivity index (χ1) is 12.0. The molecule has 2 aromatic rings. The molecule has 1 unspecified atom stereocenters. The Morgan fingerprint density at radius 1 is 1.08 bits per heavy atom. The van der Waals surface area contributed by atoms with Gasteiger partial charge in [0.2, 0.25) is 5.75 Å². The zero-order valence-electron chi connectivity index (χ0n) is 15.1. The number of amides is 1. The number of aromatic nitrogens is 3. The van der Waals surface area contributed by atoms with Crippen molar-refractivity contribution in [1.82, 2.24) is 20.3 Å². The molecule has 1 aromatic heterocycles. The number of benzene rings is 1. The minimum atomic E-state index is -0.231. The fourth-order valence-electron chi connectivity index (χ4n) is 2.40. The Kier molecular flexibility index (Phi) is 6.21. The minimum Gasteiger partial charge on any atom is -0.493 e. The number of ether oxygens (including phenoxy) is 3. The molecule has 0 saturated heterocycles. The molecule has 0 aliphatic carbocycles. The first-order valence-electron chi connectivity index (χ1n) is 7.95. The molecule has 0 aliphatic rings. The van der Waals surface area contributed by atoms with E-state index < -0.39 is 0 Å². The van der Waals surface area contributed by atoms with E-state index in [4.69, 9.17) is 14.2 Å². The SMILES string of the molecule is COc1cc(C(=O)NC(Cn2nccn2)C(C)C)cc(OC)c1OC. The van der Waals surface area contributed by atoms with Crippen molar-refractivity contribution < 1.29 is 19.0 Å². The molecule has 1 atom stereocenters. The highest BCUT2D eigenvalue weighted by atomic mass is 16.5. The molecule has 0 fully saturated rings. The van der Waals surface area contributed by atoms with Crippen LogP contribution < -0.4 is 19.5 Å².